The number of hydrogen-bond donors (Lipinski definition) is 1. The third kappa shape index (κ3) is 5.48. The van der Waals surface area contributed by atoms with Crippen molar-refractivity contribution in [3.05, 3.63) is 0 Å². The Bertz CT molecular complexity index is 416. The predicted molar refractivity (Wildman–Crippen MR) is 83.5 cm³/mol. The first kappa shape index (κ1) is 19.6. The highest BCUT2D eigenvalue weighted by atomic mass is 16.2. The van der Waals surface area contributed by atoms with Crippen molar-refractivity contribution in [2.24, 2.45) is 11.3 Å². The van der Waals surface area contributed by atoms with Gasteiger partial charge in [-0.05, 0) is 26.2 Å². The summed E-state index contributed by atoms with van der Waals surface area (Å²) in [6, 6.07) is 0. The number of imide groups is 1. The van der Waals surface area contributed by atoms with E-state index in [9.17, 15) is 14.4 Å². The van der Waals surface area contributed by atoms with Crippen molar-refractivity contribution in [2.45, 2.75) is 67.3 Å². The Labute approximate surface area is 128 Å². The molecule has 5 heteroatoms. The number of amides is 3. The summed E-state index contributed by atoms with van der Waals surface area (Å²) in [6.45, 7) is 11.7. The van der Waals surface area contributed by atoms with Crippen LogP contribution in [0, 0.1) is 11.3 Å². The molecule has 1 N–H and O–H groups in total. The molecule has 0 spiro atoms. The van der Waals surface area contributed by atoms with Crippen LogP contribution in [0.5, 0.6) is 0 Å². The standard InChI is InChI=1S/C15H26N2O3.CH4/c1-14(2,3)10-9-12(19)17(13(10)20)8-7-11(18)16-15(4,5)6;/h10H,7-9H2,1-6H3,(H,16,18);1H4. The SMILES string of the molecule is C.CC(C)(C)NC(=O)CCN1C(=O)CC(C(C)(C)C)C1=O. The topological polar surface area (TPSA) is 66.5 Å². The molecule has 0 saturated carbocycles. The molecule has 122 valence electrons. The van der Waals surface area contributed by atoms with Gasteiger partial charge in [0.1, 0.15) is 0 Å². The summed E-state index contributed by atoms with van der Waals surface area (Å²) in [4.78, 5) is 37.1. The number of likely N-dealkylation sites (tertiary alicyclic amines) is 1. The van der Waals surface area contributed by atoms with Crippen LogP contribution in [0.1, 0.15) is 61.8 Å². The summed E-state index contributed by atoms with van der Waals surface area (Å²) in [7, 11) is 0. The molecule has 0 aliphatic carbocycles. The van der Waals surface area contributed by atoms with E-state index < -0.39 is 0 Å². The monoisotopic (exact) mass is 298 g/mol. The fraction of sp³-hybridized carbons (Fsp3) is 0.812. The summed E-state index contributed by atoms with van der Waals surface area (Å²) in [5, 5.41) is 2.83. The van der Waals surface area contributed by atoms with Crippen molar-refractivity contribution in [3.63, 3.8) is 0 Å². The zero-order valence-electron chi connectivity index (χ0n) is 13.4. The van der Waals surface area contributed by atoms with E-state index in [0.717, 1.165) is 0 Å². The number of nitrogens with zero attached hydrogens (tertiary/aromatic N) is 1. The zero-order chi connectivity index (χ0) is 15.7. The van der Waals surface area contributed by atoms with Gasteiger partial charge in [0.2, 0.25) is 17.7 Å². The third-order valence-corrected chi connectivity index (χ3v) is 3.37. The average molecular weight is 298 g/mol. The van der Waals surface area contributed by atoms with Crippen molar-refractivity contribution in [1.29, 1.82) is 0 Å². The molecule has 1 heterocycles. The lowest BCUT2D eigenvalue weighted by Gasteiger charge is -2.25. The Kier molecular flexibility index (Phi) is 6.15. The van der Waals surface area contributed by atoms with E-state index in [2.05, 4.69) is 5.32 Å². The molecule has 1 aliphatic rings. The van der Waals surface area contributed by atoms with Crippen molar-refractivity contribution in [3.8, 4) is 0 Å². The van der Waals surface area contributed by atoms with Crippen LogP contribution in [0.4, 0.5) is 0 Å². The summed E-state index contributed by atoms with van der Waals surface area (Å²) < 4.78 is 0. The number of hydrogen-bond acceptors (Lipinski definition) is 3. The van der Waals surface area contributed by atoms with Crippen LogP contribution in [0.2, 0.25) is 0 Å². The molecule has 5 nitrogen and oxygen atoms in total. The van der Waals surface area contributed by atoms with Crippen LogP contribution >= 0.6 is 0 Å². The fourth-order valence-corrected chi connectivity index (χ4v) is 2.29. The lowest BCUT2D eigenvalue weighted by atomic mass is 9.80. The minimum absolute atomic E-state index is 0. The van der Waals surface area contributed by atoms with E-state index in [-0.39, 0.29) is 61.4 Å². The summed E-state index contributed by atoms with van der Waals surface area (Å²) in [5.41, 5.74) is -0.529. The second-order valence-corrected chi connectivity index (χ2v) is 7.55. The van der Waals surface area contributed by atoms with Gasteiger partial charge in [0.05, 0.1) is 5.92 Å². The van der Waals surface area contributed by atoms with Gasteiger partial charge in [0.15, 0.2) is 0 Å². The lowest BCUT2D eigenvalue weighted by Crippen LogP contribution is -2.43. The molecule has 1 unspecified atom stereocenters. The van der Waals surface area contributed by atoms with Crippen molar-refractivity contribution in [2.75, 3.05) is 6.54 Å². The molecule has 21 heavy (non-hydrogen) atoms. The van der Waals surface area contributed by atoms with Crippen molar-refractivity contribution < 1.29 is 14.4 Å². The molecule has 0 radical (unpaired) electrons. The molecule has 1 rings (SSSR count). The highest BCUT2D eigenvalue weighted by molar-refractivity contribution is 6.04. The van der Waals surface area contributed by atoms with E-state index >= 15 is 0 Å². The summed E-state index contributed by atoms with van der Waals surface area (Å²) in [5.74, 6) is -0.734. The van der Waals surface area contributed by atoms with Crippen LogP contribution in [-0.4, -0.2) is 34.7 Å². The molecule has 0 aromatic carbocycles. The zero-order valence-corrected chi connectivity index (χ0v) is 13.4. The van der Waals surface area contributed by atoms with Crippen LogP contribution in [-0.2, 0) is 14.4 Å². The maximum Gasteiger partial charge on any atom is 0.233 e. The Hall–Kier alpha value is -1.39. The molecule has 0 bridgehead atoms. The Morgan fingerprint density at radius 2 is 1.71 bits per heavy atom. The van der Waals surface area contributed by atoms with Crippen LogP contribution in [0.25, 0.3) is 0 Å². The second kappa shape index (κ2) is 6.58. The predicted octanol–water partition coefficient (Wildman–Crippen LogP) is 2.35. The van der Waals surface area contributed by atoms with E-state index in [4.69, 9.17) is 0 Å². The molecular formula is C16H30N2O3. The Morgan fingerprint density at radius 1 is 1.19 bits per heavy atom. The molecule has 1 atom stereocenters. The highest BCUT2D eigenvalue weighted by Gasteiger charge is 2.44. The largest absolute Gasteiger partial charge is 0.351 e. The second-order valence-electron chi connectivity index (χ2n) is 7.55. The quantitative estimate of drug-likeness (QED) is 0.813. The molecule has 1 fully saturated rings. The first-order chi connectivity index (χ1) is 8.92. The average Bonchev–Trinajstić information content (AvgIpc) is 2.49. The van der Waals surface area contributed by atoms with Crippen LogP contribution < -0.4 is 5.32 Å². The van der Waals surface area contributed by atoms with Crippen LogP contribution in [0.3, 0.4) is 0 Å². The number of rotatable bonds is 3. The molecular weight excluding hydrogens is 268 g/mol. The molecule has 3 amide bonds. The third-order valence-electron chi connectivity index (χ3n) is 3.37. The van der Waals surface area contributed by atoms with Crippen molar-refractivity contribution in [1.82, 2.24) is 10.2 Å². The Morgan fingerprint density at radius 3 is 2.10 bits per heavy atom. The van der Waals surface area contributed by atoms with Gasteiger partial charge in [-0.15, -0.1) is 0 Å². The minimum Gasteiger partial charge on any atom is -0.351 e. The van der Waals surface area contributed by atoms with E-state index in [1.54, 1.807) is 0 Å². The van der Waals surface area contributed by atoms with Gasteiger partial charge in [0, 0.05) is 24.9 Å². The molecule has 0 aromatic heterocycles. The molecule has 0 aromatic rings. The first-order valence-electron chi connectivity index (χ1n) is 7.07. The van der Waals surface area contributed by atoms with Gasteiger partial charge in [-0.2, -0.15) is 0 Å². The van der Waals surface area contributed by atoms with E-state index in [1.807, 2.05) is 41.5 Å². The van der Waals surface area contributed by atoms with Gasteiger partial charge < -0.3 is 5.32 Å². The minimum atomic E-state index is -0.302. The maximum atomic E-state index is 12.2. The van der Waals surface area contributed by atoms with Crippen LogP contribution in [0.15, 0.2) is 0 Å². The fourth-order valence-electron chi connectivity index (χ4n) is 2.29. The van der Waals surface area contributed by atoms with Gasteiger partial charge in [-0.3, -0.25) is 19.3 Å². The number of carbonyl (C=O) groups excluding carboxylic acids is 3. The molecule has 1 saturated heterocycles. The van der Waals surface area contributed by atoms with E-state index in [1.165, 1.54) is 4.90 Å². The smallest absolute Gasteiger partial charge is 0.233 e. The molecule has 1 aliphatic heterocycles. The maximum absolute atomic E-state index is 12.2. The van der Waals surface area contributed by atoms with Gasteiger partial charge >= 0.3 is 0 Å². The number of nitrogens with one attached hydrogen (secondary N) is 1. The first-order valence-corrected chi connectivity index (χ1v) is 7.07. The Balaban J connectivity index is 0.00000400. The summed E-state index contributed by atoms with van der Waals surface area (Å²) in [6.07, 6.45) is 0.412. The van der Waals surface area contributed by atoms with E-state index in [0.29, 0.717) is 0 Å². The lowest BCUT2D eigenvalue weighted by molar-refractivity contribution is -0.140. The highest BCUT2D eigenvalue weighted by Crippen LogP contribution is 2.35. The normalized spacial score (nSPS) is 19.5. The van der Waals surface area contributed by atoms with Crippen molar-refractivity contribution >= 4 is 17.7 Å². The van der Waals surface area contributed by atoms with Gasteiger partial charge in [-0.1, -0.05) is 28.2 Å². The summed E-state index contributed by atoms with van der Waals surface area (Å²) >= 11 is 0. The number of carbonyl (C=O) groups is 3. The van der Waals surface area contributed by atoms with Gasteiger partial charge in [0.25, 0.3) is 0 Å². The van der Waals surface area contributed by atoms with Gasteiger partial charge in [-0.25, -0.2) is 0 Å².